The average molecular weight is 143 g/mol. The Morgan fingerprint density at radius 2 is 2.33 bits per heavy atom. The summed E-state index contributed by atoms with van der Waals surface area (Å²) < 4.78 is 5.04. The predicted octanol–water partition coefficient (Wildman–Crippen LogP) is 1.87. The van der Waals surface area contributed by atoms with Gasteiger partial charge in [0.2, 0.25) is 0 Å². The van der Waals surface area contributed by atoms with Crippen molar-refractivity contribution in [2.45, 2.75) is 19.0 Å². The zero-order valence-corrected chi connectivity index (χ0v) is 7.31. The van der Waals surface area contributed by atoms with Crippen LogP contribution in [0.3, 0.4) is 0 Å². The molecular formula is C7H15OSi. The molecule has 2 heteroatoms. The minimum Gasteiger partial charge on any atom is -0.388 e. The molecule has 0 aromatic rings. The third kappa shape index (κ3) is 4.42. The van der Waals surface area contributed by atoms with Crippen LogP contribution in [0.25, 0.3) is 0 Å². The number of rotatable bonds is 5. The van der Waals surface area contributed by atoms with E-state index in [1.807, 2.05) is 6.08 Å². The van der Waals surface area contributed by atoms with Gasteiger partial charge in [-0.05, 0) is 6.04 Å². The van der Waals surface area contributed by atoms with Crippen molar-refractivity contribution < 1.29 is 4.74 Å². The monoisotopic (exact) mass is 143 g/mol. The summed E-state index contributed by atoms with van der Waals surface area (Å²) in [6, 6.07) is 2.46. The Morgan fingerprint density at radius 1 is 1.67 bits per heavy atom. The maximum Gasteiger partial charge on any atom is 0.0842 e. The van der Waals surface area contributed by atoms with Gasteiger partial charge in [-0.1, -0.05) is 19.0 Å². The molecule has 0 spiro atoms. The first kappa shape index (κ1) is 8.92. The van der Waals surface area contributed by atoms with Crippen LogP contribution in [-0.2, 0) is 4.74 Å². The van der Waals surface area contributed by atoms with E-state index in [1.165, 1.54) is 12.1 Å². The van der Waals surface area contributed by atoms with Crippen molar-refractivity contribution in [1.29, 1.82) is 0 Å². The van der Waals surface area contributed by atoms with Crippen molar-refractivity contribution in [2.24, 2.45) is 0 Å². The van der Waals surface area contributed by atoms with E-state index in [9.17, 15) is 0 Å². The van der Waals surface area contributed by atoms with E-state index in [4.69, 9.17) is 4.74 Å². The highest BCUT2D eigenvalue weighted by Crippen LogP contribution is 1.98. The Kier molecular flexibility index (Phi) is 5.99. The maximum absolute atomic E-state index is 5.04. The zero-order valence-electron chi connectivity index (χ0n) is 6.31. The van der Waals surface area contributed by atoms with Crippen molar-refractivity contribution >= 4 is 8.80 Å². The van der Waals surface area contributed by atoms with Crippen LogP contribution < -0.4 is 0 Å². The van der Waals surface area contributed by atoms with Crippen molar-refractivity contribution in [1.82, 2.24) is 0 Å². The molecule has 0 saturated heterocycles. The number of ether oxygens (including phenoxy) is 1. The van der Waals surface area contributed by atoms with Gasteiger partial charge in [0.25, 0.3) is 0 Å². The molecule has 0 atom stereocenters. The Morgan fingerprint density at radius 3 is 2.67 bits per heavy atom. The largest absolute Gasteiger partial charge is 0.388 e. The molecule has 0 saturated carbocycles. The molecule has 0 bridgehead atoms. The summed E-state index contributed by atoms with van der Waals surface area (Å²) in [6.45, 7) is 5.92. The summed E-state index contributed by atoms with van der Waals surface area (Å²) in [5.74, 6) is 0. The topological polar surface area (TPSA) is 9.23 Å². The average Bonchev–Trinajstić information content (AvgIpc) is 1.88. The van der Waals surface area contributed by atoms with Crippen LogP contribution in [0.2, 0.25) is 12.1 Å². The highest BCUT2D eigenvalue weighted by Gasteiger charge is 2.03. The van der Waals surface area contributed by atoms with Crippen molar-refractivity contribution in [3.05, 3.63) is 12.7 Å². The van der Waals surface area contributed by atoms with Crippen LogP contribution in [-0.4, -0.2) is 22.1 Å². The second kappa shape index (κ2) is 6.04. The van der Waals surface area contributed by atoms with Gasteiger partial charge in [0.05, 0.1) is 8.80 Å². The Labute approximate surface area is 59.3 Å². The molecule has 0 aromatic carbocycles. The molecule has 1 radical (unpaired) electrons. The lowest BCUT2D eigenvalue weighted by Crippen LogP contribution is -2.17. The standard InChI is InChI=1S/C7H15OSi/c1-4-6-9(5-2)7-8-3/h4H,1,5-7H2,2-3H3. The molecular weight excluding hydrogens is 128 g/mol. The smallest absolute Gasteiger partial charge is 0.0842 e. The summed E-state index contributed by atoms with van der Waals surface area (Å²) >= 11 is 0. The summed E-state index contributed by atoms with van der Waals surface area (Å²) in [5, 5.41) is 0. The molecule has 0 fully saturated rings. The first-order chi connectivity index (χ1) is 4.35. The minimum absolute atomic E-state index is 0.226. The van der Waals surface area contributed by atoms with Gasteiger partial charge in [0.1, 0.15) is 0 Å². The van der Waals surface area contributed by atoms with E-state index >= 15 is 0 Å². The fourth-order valence-corrected chi connectivity index (χ4v) is 2.14. The molecule has 9 heavy (non-hydrogen) atoms. The SMILES string of the molecule is C=CC[Si](CC)COC. The molecule has 0 aromatic heterocycles. The summed E-state index contributed by atoms with van der Waals surface area (Å²) in [5.41, 5.74) is 0. The van der Waals surface area contributed by atoms with Crippen molar-refractivity contribution in [3.63, 3.8) is 0 Å². The molecule has 0 aliphatic carbocycles. The quantitative estimate of drug-likeness (QED) is 0.422. The van der Waals surface area contributed by atoms with Gasteiger partial charge >= 0.3 is 0 Å². The van der Waals surface area contributed by atoms with Crippen LogP contribution in [0.4, 0.5) is 0 Å². The zero-order chi connectivity index (χ0) is 7.11. The van der Waals surface area contributed by atoms with Crippen LogP contribution in [0.5, 0.6) is 0 Å². The maximum atomic E-state index is 5.04. The molecule has 0 rings (SSSR count). The Bertz CT molecular complexity index is 73.3. The van der Waals surface area contributed by atoms with Crippen molar-refractivity contribution in [2.75, 3.05) is 13.3 Å². The molecule has 0 aliphatic heterocycles. The van der Waals surface area contributed by atoms with Gasteiger partial charge in [-0.25, -0.2) is 0 Å². The second-order valence-corrected chi connectivity index (χ2v) is 4.93. The van der Waals surface area contributed by atoms with Gasteiger partial charge < -0.3 is 4.74 Å². The molecule has 53 valence electrons. The lowest BCUT2D eigenvalue weighted by molar-refractivity contribution is 0.248. The third-order valence-electron chi connectivity index (χ3n) is 1.28. The molecule has 0 N–H and O–H groups in total. The molecule has 0 heterocycles. The van der Waals surface area contributed by atoms with E-state index in [2.05, 4.69) is 13.5 Å². The van der Waals surface area contributed by atoms with Gasteiger partial charge in [0.15, 0.2) is 0 Å². The van der Waals surface area contributed by atoms with E-state index in [-0.39, 0.29) is 8.80 Å². The van der Waals surface area contributed by atoms with E-state index < -0.39 is 0 Å². The predicted molar refractivity (Wildman–Crippen MR) is 43.1 cm³/mol. The fourth-order valence-electron chi connectivity index (χ4n) is 0.714. The molecule has 1 nitrogen and oxygen atoms in total. The third-order valence-corrected chi connectivity index (χ3v) is 3.84. The lowest BCUT2D eigenvalue weighted by atomic mass is 10.8. The summed E-state index contributed by atoms with van der Waals surface area (Å²) in [7, 11) is 1.54. The lowest BCUT2D eigenvalue weighted by Gasteiger charge is -2.06. The fraction of sp³-hybridized carbons (Fsp3) is 0.714. The minimum atomic E-state index is -0.226. The number of methoxy groups -OCH3 is 1. The van der Waals surface area contributed by atoms with Crippen LogP contribution in [0.1, 0.15) is 6.92 Å². The van der Waals surface area contributed by atoms with Gasteiger partial charge in [-0.3, -0.25) is 0 Å². The van der Waals surface area contributed by atoms with Gasteiger partial charge in [-0.15, -0.1) is 6.58 Å². The van der Waals surface area contributed by atoms with Crippen molar-refractivity contribution in [3.8, 4) is 0 Å². The van der Waals surface area contributed by atoms with Crippen LogP contribution >= 0.6 is 0 Å². The normalized spacial score (nSPS) is 10.1. The van der Waals surface area contributed by atoms with Crippen LogP contribution in [0, 0.1) is 0 Å². The van der Waals surface area contributed by atoms with Gasteiger partial charge in [0, 0.05) is 13.3 Å². The number of hydrogen-bond donors (Lipinski definition) is 0. The Hall–Kier alpha value is -0.0831. The molecule has 0 amide bonds. The first-order valence-corrected chi connectivity index (χ1v) is 5.40. The summed E-state index contributed by atoms with van der Waals surface area (Å²) in [4.78, 5) is 0. The van der Waals surface area contributed by atoms with E-state index in [0.29, 0.717) is 0 Å². The molecule has 0 aliphatic rings. The second-order valence-electron chi connectivity index (χ2n) is 2.03. The number of hydrogen-bond acceptors (Lipinski definition) is 1. The summed E-state index contributed by atoms with van der Waals surface area (Å²) in [6.07, 6.45) is 2.96. The Balaban J connectivity index is 3.28. The number of allylic oxidation sites excluding steroid dienone is 1. The van der Waals surface area contributed by atoms with E-state index in [0.717, 1.165) is 6.23 Å². The van der Waals surface area contributed by atoms with E-state index in [1.54, 1.807) is 7.11 Å². The highest BCUT2D eigenvalue weighted by atomic mass is 28.3. The highest BCUT2D eigenvalue weighted by molar-refractivity contribution is 6.59. The van der Waals surface area contributed by atoms with Crippen LogP contribution in [0.15, 0.2) is 12.7 Å². The molecule has 0 unspecified atom stereocenters. The first-order valence-electron chi connectivity index (χ1n) is 3.28. The van der Waals surface area contributed by atoms with Gasteiger partial charge in [-0.2, -0.15) is 0 Å².